The molecule has 3 atom stereocenters. The molecule has 0 unspecified atom stereocenters. The minimum atomic E-state index is 0.105. The zero-order valence-electron chi connectivity index (χ0n) is 14.2. The van der Waals surface area contributed by atoms with Crippen LogP contribution >= 0.6 is 0 Å². The van der Waals surface area contributed by atoms with Gasteiger partial charge in [-0.2, -0.15) is 0 Å². The highest BCUT2D eigenvalue weighted by Gasteiger charge is 2.47. The predicted octanol–water partition coefficient (Wildman–Crippen LogP) is 2.73. The molecule has 0 radical (unpaired) electrons. The van der Waals surface area contributed by atoms with Crippen LogP contribution in [-0.4, -0.2) is 35.4 Å². The number of aromatic nitrogens is 1. The fourth-order valence-electron chi connectivity index (χ4n) is 4.28. The third-order valence-electron chi connectivity index (χ3n) is 5.45. The number of amides is 1. The Hall–Kier alpha value is -2.20. The van der Waals surface area contributed by atoms with E-state index in [0.717, 1.165) is 25.2 Å². The number of fused-ring (bicyclic) bond motifs is 1. The number of carbonyl (C=O) groups is 1. The molecule has 2 aliphatic rings. The predicted molar refractivity (Wildman–Crippen MR) is 93.8 cm³/mol. The molecule has 1 amide bonds. The Morgan fingerprint density at radius 1 is 1.21 bits per heavy atom. The van der Waals surface area contributed by atoms with Gasteiger partial charge in [0.2, 0.25) is 0 Å². The highest BCUT2D eigenvalue weighted by molar-refractivity contribution is 5.94. The van der Waals surface area contributed by atoms with Crippen LogP contribution in [0, 0.1) is 25.7 Å². The standard InChI is InChI=1S/C20H23N3O/c1-13-7-15(9-21-8-13)20(24)23-12-16-10-22-11-18(16)19(23)17-6-4-3-5-14(17)2/h3-9,16,18-19,22H,10-12H2,1-2H3/t16-,18-,19-/m0/s1. The Kier molecular flexibility index (Phi) is 3.85. The first-order valence-electron chi connectivity index (χ1n) is 8.64. The van der Waals surface area contributed by atoms with Gasteiger partial charge < -0.3 is 10.2 Å². The second-order valence-electron chi connectivity index (χ2n) is 7.09. The largest absolute Gasteiger partial charge is 0.331 e. The molecule has 124 valence electrons. The Balaban J connectivity index is 1.73. The van der Waals surface area contributed by atoms with Gasteiger partial charge in [-0.25, -0.2) is 0 Å². The van der Waals surface area contributed by atoms with E-state index in [4.69, 9.17) is 0 Å². The van der Waals surface area contributed by atoms with E-state index >= 15 is 0 Å². The van der Waals surface area contributed by atoms with E-state index in [2.05, 4.69) is 46.4 Å². The lowest BCUT2D eigenvalue weighted by atomic mass is 9.87. The molecule has 1 aromatic heterocycles. The minimum absolute atomic E-state index is 0.105. The first-order chi connectivity index (χ1) is 11.6. The van der Waals surface area contributed by atoms with E-state index < -0.39 is 0 Å². The molecule has 24 heavy (non-hydrogen) atoms. The van der Waals surface area contributed by atoms with Crippen LogP contribution in [0.15, 0.2) is 42.7 Å². The van der Waals surface area contributed by atoms with Crippen molar-refractivity contribution in [2.45, 2.75) is 19.9 Å². The van der Waals surface area contributed by atoms with E-state index in [-0.39, 0.29) is 11.9 Å². The molecule has 2 aliphatic heterocycles. The summed E-state index contributed by atoms with van der Waals surface area (Å²) in [5, 5.41) is 3.50. The summed E-state index contributed by atoms with van der Waals surface area (Å²) in [5.41, 5.74) is 4.26. The van der Waals surface area contributed by atoms with Crippen molar-refractivity contribution in [3.63, 3.8) is 0 Å². The number of aryl methyl sites for hydroxylation is 2. The number of nitrogens with zero attached hydrogens (tertiary/aromatic N) is 2. The van der Waals surface area contributed by atoms with Crippen LogP contribution in [0.2, 0.25) is 0 Å². The molecule has 4 heteroatoms. The second-order valence-corrected chi connectivity index (χ2v) is 7.09. The van der Waals surface area contributed by atoms with Crippen LogP contribution in [0.3, 0.4) is 0 Å². The van der Waals surface area contributed by atoms with Gasteiger partial charge in [0.25, 0.3) is 5.91 Å². The maximum absolute atomic E-state index is 13.2. The van der Waals surface area contributed by atoms with Crippen molar-refractivity contribution >= 4 is 5.91 Å². The summed E-state index contributed by atoms with van der Waals surface area (Å²) < 4.78 is 0. The molecule has 0 aliphatic carbocycles. The topological polar surface area (TPSA) is 45.2 Å². The van der Waals surface area contributed by atoms with E-state index in [1.165, 1.54) is 11.1 Å². The van der Waals surface area contributed by atoms with Crippen LogP contribution < -0.4 is 5.32 Å². The number of hydrogen-bond donors (Lipinski definition) is 1. The lowest BCUT2D eigenvalue weighted by molar-refractivity contribution is 0.0713. The maximum Gasteiger partial charge on any atom is 0.255 e. The molecule has 2 aromatic rings. The number of nitrogens with one attached hydrogen (secondary N) is 1. The molecule has 2 saturated heterocycles. The monoisotopic (exact) mass is 321 g/mol. The lowest BCUT2D eigenvalue weighted by Gasteiger charge is -2.29. The van der Waals surface area contributed by atoms with E-state index in [0.29, 0.717) is 17.4 Å². The molecule has 2 fully saturated rings. The van der Waals surface area contributed by atoms with Gasteiger partial charge in [-0.05, 0) is 42.5 Å². The average molecular weight is 321 g/mol. The number of carbonyl (C=O) groups excluding carboxylic acids is 1. The molecule has 3 heterocycles. The molecule has 4 rings (SSSR count). The van der Waals surface area contributed by atoms with Gasteiger partial charge in [0.05, 0.1) is 11.6 Å². The molecule has 4 nitrogen and oxygen atoms in total. The first kappa shape index (κ1) is 15.3. The molecule has 0 bridgehead atoms. The maximum atomic E-state index is 13.2. The van der Waals surface area contributed by atoms with Crippen molar-refractivity contribution in [2.24, 2.45) is 11.8 Å². The van der Waals surface area contributed by atoms with Crippen molar-refractivity contribution in [2.75, 3.05) is 19.6 Å². The molecule has 0 saturated carbocycles. The van der Waals surface area contributed by atoms with Gasteiger partial charge in [0.1, 0.15) is 0 Å². The molecule has 1 aromatic carbocycles. The molecule has 1 N–H and O–H groups in total. The minimum Gasteiger partial charge on any atom is -0.331 e. The van der Waals surface area contributed by atoms with Gasteiger partial charge in [-0.15, -0.1) is 0 Å². The number of hydrogen-bond acceptors (Lipinski definition) is 3. The summed E-state index contributed by atoms with van der Waals surface area (Å²) in [4.78, 5) is 19.5. The second kappa shape index (κ2) is 6.02. The normalized spacial score (nSPS) is 25.8. The average Bonchev–Trinajstić information content (AvgIpc) is 3.16. The number of pyridine rings is 1. The van der Waals surface area contributed by atoms with Crippen molar-refractivity contribution in [1.82, 2.24) is 15.2 Å². The van der Waals surface area contributed by atoms with Crippen LogP contribution in [0.1, 0.15) is 33.1 Å². The Bertz CT molecular complexity index is 773. The highest BCUT2D eigenvalue weighted by atomic mass is 16.2. The Morgan fingerprint density at radius 3 is 2.83 bits per heavy atom. The summed E-state index contributed by atoms with van der Waals surface area (Å²) in [6, 6.07) is 10.6. The smallest absolute Gasteiger partial charge is 0.255 e. The summed E-state index contributed by atoms with van der Waals surface area (Å²) in [6.45, 7) is 6.93. The first-order valence-corrected chi connectivity index (χ1v) is 8.64. The third kappa shape index (κ3) is 2.51. The van der Waals surface area contributed by atoms with Crippen LogP contribution in [-0.2, 0) is 0 Å². The molecular weight excluding hydrogens is 298 g/mol. The fourth-order valence-corrected chi connectivity index (χ4v) is 4.28. The van der Waals surface area contributed by atoms with Crippen LogP contribution in [0.25, 0.3) is 0 Å². The van der Waals surface area contributed by atoms with E-state index in [9.17, 15) is 4.79 Å². The van der Waals surface area contributed by atoms with E-state index in [1.807, 2.05) is 13.0 Å². The van der Waals surface area contributed by atoms with Crippen molar-refractivity contribution < 1.29 is 4.79 Å². The van der Waals surface area contributed by atoms with Crippen molar-refractivity contribution in [1.29, 1.82) is 0 Å². The van der Waals surface area contributed by atoms with Gasteiger partial charge in [0, 0.05) is 37.9 Å². The number of benzene rings is 1. The number of likely N-dealkylation sites (tertiary alicyclic amines) is 1. The highest BCUT2D eigenvalue weighted by Crippen LogP contribution is 2.44. The lowest BCUT2D eigenvalue weighted by Crippen LogP contribution is -2.35. The Morgan fingerprint density at radius 2 is 2.04 bits per heavy atom. The summed E-state index contributed by atoms with van der Waals surface area (Å²) in [5.74, 6) is 1.14. The zero-order chi connectivity index (χ0) is 16.7. The summed E-state index contributed by atoms with van der Waals surface area (Å²) >= 11 is 0. The van der Waals surface area contributed by atoms with Gasteiger partial charge in [-0.3, -0.25) is 9.78 Å². The third-order valence-corrected chi connectivity index (χ3v) is 5.45. The van der Waals surface area contributed by atoms with Gasteiger partial charge in [-0.1, -0.05) is 24.3 Å². The van der Waals surface area contributed by atoms with Crippen LogP contribution in [0.5, 0.6) is 0 Å². The summed E-state index contributed by atoms with van der Waals surface area (Å²) in [6.07, 6.45) is 3.48. The number of rotatable bonds is 2. The quantitative estimate of drug-likeness (QED) is 0.925. The zero-order valence-corrected chi connectivity index (χ0v) is 14.2. The van der Waals surface area contributed by atoms with Crippen molar-refractivity contribution in [3.8, 4) is 0 Å². The SMILES string of the molecule is Cc1cncc(C(=O)N2C[C@@H]3CNC[C@@H]3[C@@H]2c2ccccc2C)c1. The molecular formula is C20H23N3O. The van der Waals surface area contributed by atoms with Crippen LogP contribution in [0.4, 0.5) is 0 Å². The fraction of sp³-hybridized carbons (Fsp3) is 0.400. The summed E-state index contributed by atoms with van der Waals surface area (Å²) in [7, 11) is 0. The van der Waals surface area contributed by atoms with Gasteiger partial charge in [0.15, 0.2) is 0 Å². The molecule has 0 spiro atoms. The van der Waals surface area contributed by atoms with E-state index in [1.54, 1.807) is 12.4 Å². The van der Waals surface area contributed by atoms with Crippen molar-refractivity contribution in [3.05, 3.63) is 65.0 Å². The Labute approximate surface area is 142 Å². The van der Waals surface area contributed by atoms with Gasteiger partial charge >= 0.3 is 0 Å².